The number of nitrogens with zero attached hydrogens (tertiary/aromatic N) is 3. The Morgan fingerprint density at radius 3 is 2.58 bits per heavy atom. The molecule has 7 heteroatoms. The van der Waals surface area contributed by atoms with Crippen molar-refractivity contribution >= 4 is 22.6 Å². The van der Waals surface area contributed by atoms with Gasteiger partial charge in [0, 0.05) is 28.9 Å². The van der Waals surface area contributed by atoms with Crippen LogP contribution in [0.2, 0.25) is 0 Å². The van der Waals surface area contributed by atoms with Gasteiger partial charge in [-0.25, -0.2) is 9.37 Å². The van der Waals surface area contributed by atoms with E-state index in [2.05, 4.69) is 27.2 Å². The second-order valence-corrected chi connectivity index (χ2v) is 9.44. The van der Waals surface area contributed by atoms with Gasteiger partial charge in [-0.3, -0.25) is 9.78 Å². The number of anilines is 1. The van der Waals surface area contributed by atoms with Crippen molar-refractivity contribution in [3.8, 4) is 6.01 Å². The zero-order valence-electron chi connectivity index (χ0n) is 20.4. The van der Waals surface area contributed by atoms with Crippen molar-refractivity contribution in [3.05, 3.63) is 89.5 Å². The molecule has 1 N–H and O–H groups in total. The lowest BCUT2D eigenvalue weighted by molar-refractivity contribution is 0.102. The van der Waals surface area contributed by atoms with Gasteiger partial charge in [0.25, 0.3) is 5.91 Å². The molecule has 0 bridgehead atoms. The van der Waals surface area contributed by atoms with Crippen LogP contribution in [0, 0.1) is 11.7 Å². The maximum absolute atomic E-state index is 14.0. The van der Waals surface area contributed by atoms with E-state index in [1.54, 1.807) is 30.5 Å². The van der Waals surface area contributed by atoms with Crippen molar-refractivity contribution < 1.29 is 13.9 Å². The minimum atomic E-state index is -0.233. The number of aromatic nitrogens is 3. The molecule has 0 radical (unpaired) electrons. The van der Waals surface area contributed by atoms with Gasteiger partial charge >= 0.3 is 6.01 Å². The minimum Gasteiger partial charge on any atom is -0.467 e. The van der Waals surface area contributed by atoms with E-state index in [0.717, 1.165) is 42.1 Å². The molecule has 1 amide bonds. The highest BCUT2D eigenvalue weighted by Crippen LogP contribution is 2.44. The fraction of sp³-hybridized carbons (Fsp3) is 0.310. The zero-order valence-corrected chi connectivity index (χ0v) is 20.4. The van der Waals surface area contributed by atoms with Gasteiger partial charge in [-0.05, 0) is 85.4 Å². The third kappa shape index (κ3) is 4.91. The quantitative estimate of drug-likeness (QED) is 0.338. The van der Waals surface area contributed by atoms with Crippen molar-refractivity contribution in [1.29, 1.82) is 0 Å². The molecule has 1 atom stereocenters. The summed E-state index contributed by atoms with van der Waals surface area (Å²) in [6.07, 6.45) is 7.63. The molecule has 36 heavy (non-hydrogen) atoms. The highest BCUT2D eigenvalue weighted by molar-refractivity contribution is 6.04. The highest BCUT2D eigenvalue weighted by atomic mass is 19.1. The molecule has 0 aliphatic heterocycles. The molecule has 0 saturated heterocycles. The maximum Gasteiger partial charge on any atom is 0.318 e. The van der Waals surface area contributed by atoms with Crippen LogP contribution in [0.5, 0.6) is 6.01 Å². The van der Waals surface area contributed by atoms with Crippen LogP contribution in [0.3, 0.4) is 0 Å². The molecular weight excluding hydrogens is 455 g/mol. The third-order valence-electron chi connectivity index (χ3n) is 7.39. The lowest BCUT2D eigenvalue weighted by Gasteiger charge is -2.33. The number of halogens is 1. The summed E-state index contributed by atoms with van der Waals surface area (Å²) in [5.74, 6) is 0.963. The number of rotatable bonds is 6. The van der Waals surface area contributed by atoms with Gasteiger partial charge in [0.05, 0.1) is 12.6 Å². The summed E-state index contributed by atoms with van der Waals surface area (Å²) in [4.78, 5) is 26.1. The number of fused-ring (bicyclic) bond motifs is 1. The molecule has 0 spiro atoms. The van der Waals surface area contributed by atoms with Gasteiger partial charge in [0.1, 0.15) is 11.6 Å². The molecule has 1 fully saturated rings. The van der Waals surface area contributed by atoms with E-state index in [4.69, 9.17) is 4.74 Å². The number of hydrogen-bond donors (Lipinski definition) is 1. The van der Waals surface area contributed by atoms with Crippen LogP contribution in [0.4, 0.5) is 10.2 Å². The van der Waals surface area contributed by atoms with E-state index in [9.17, 15) is 9.18 Å². The third-order valence-corrected chi connectivity index (χ3v) is 7.39. The molecule has 184 valence electrons. The fourth-order valence-corrected chi connectivity index (χ4v) is 5.36. The first-order valence-electron chi connectivity index (χ1n) is 12.3. The number of methoxy groups -OCH3 is 1. The van der Waals surface area contributed by atoms with Crippen molar-refractivity contribution in [1.82, 2.24) is 15.0 Å². The van der Waals surface area contributed by atoms with Gasteiger partial charge in [-0.15, -0.1) is 0 Å². The minimum absolute atomic E-state index is 0.148. The average molecular weight is 485 g/mol. The smallest absolute Gasteiger partial charge is 0.318 e. The predicted octanol–water partition coefficient (Wildman–Crippen LogP) is 6.50. The molecule has 4 aromatic rings. The van der Waals surface area contributed by atoms with Gasteiger partial charge in [-0.1, -0.05) is 25.1 Å². The van der Waals surface area contributed by atoms with Crippen LogP contribution < -0.4 is 10.1 Å². The number of carbonyl (C=O) groups excluding carboxylic acids is 1. The van der Waals surface area contributed by atoms with E-state index >= 15 is 0 Å². The standard InChI is InChI=1S/C29H29FN4O2/c1-18(25-17-32-29(36-2)34-27(25)33-28(35)21-6-4-3-5-7-21)19-8-10-20(11-9-19)23-14-15-31-26-13-12-22(30)16-24(23)26/h3-7,12-20H,8-11H2,1-2H3,(H,32,33,34,35)/t18-,19?,20?/m1/s1. The van der Waals surface area contributed by atoms with E-state index < -0.39 is 0 Å². The number of benzene rings is 2. The Labute approximate surface area is 210 Å². The Bertz CT molecular complexity index is 1370. The SMILES string of the molecule is COc1ncc([C@H](C)C2CCC(c3ccnc4ccc(F)cc34)CC2)c(NC(=O)c2ccccc2)n1. The number of hydrogen-bond acceptors (Lipinski definition) is 5. The second-order valence-electron chi connectivity index (χ2n) is 9.44. The molecule has 0 unspecified atom stereocenters. The molecule has 2 heterocycles. The van der Waals surface area contributed by atoms with E-state index in [1.165, 1.54) is 18.7 Å². The van der Waals surface area contributed by atoms with Gasteiger partial charge in [0.15, 0.2) is 0 Å². The first kappa shape index (κ1) is 23.9. The number of ether oxygens (including phenoxy) is 1. The van der Waals surface area contributed by atoms with Crippen LogP contribution in [-0.4, -0.2) is 28.0 Å². The Morgan fingerprint density at radius 1 is 1.06 bits per heavy atom. The predicted molar refractivity (Wildman–Crippen MR) is 138 cm³/mol. The largest absolute Gasteiger partial charge is 0.467 e. The molecule has 1 aliphatic rings. The average Bonchev–Trinajstić information content (AvgIpc) is 2.93. The van der Waals surface area contributed by atoms with Gasteiger partial charge < -0.3 is 10.1 Å². The molecule has 6 nitrogen and oxygen atoms in total. The molecule has 1 saturated carbocycles. The molecule has 2 aromatic heterocycles. The number of nitrogens with one attached hydrogen (secondary N) is 1. The molecule has 1 aliphatic carbocycles. The lowest BCUT2D eigenvalue weighted by atomic mass is 9.72. The summed E-state index contributed by atoms with van der Waals surface area (Å²) >= 11 is 0. The van der Waals surface area contributed by atoms with Crippen molar-refractivity contribution in [2.45, 2.75) is 44.4 Å². The van der Waals surface area contributed by atoms with E-state index in [0.29, 0.717) is 23.2 Å². The molecule has 5 rings (SSSR count). The summed E-state index contributed by atoms with van der Waals surface area (Å²) in [6.45, 7) is 2.17. The Hall–Kier alpha value is -3.87. The highest BCUT2D eigenvalue weighted by Gasteiger charge is 2.30. The summed E-state index contributed by atoms with van der Waals surface area (Å²) in [7, 11) is 1.51. The summed E-state index contributed by atoms with van der Waals surface area (Å²) in [6, 6.07) is 16.1. The van der Waals surface area contributed by atoms with Crippen LogP contribution in [0.1, 0.15) is 65.9 Å². The summed E-state index contributed by atoms with van der Waals surface area (Å²) in [5.41, 5.74) is 3.47. The van der Waals surface area contributed by atoms with Crippen LogP contribution >= 0.6 is 0 Å². The Morgan fingerprint density at radius 2 is 1.83 bits per heavy atom. The lowest BCUT2D eigenvalue weighted by Crippen LogP contribution is -2.21. The number of amides is 1. The van der Waals surface area contributed by atoms with Gasteiger partial charge in [0.2, 0.25) is 0 Å². The van der Waals surface area contributed by atoms with Crippen molar-refractivity contribution in [3.63, 3.8) is 0 Å². The van der Waals surface area contributed by atoms with Crippen molar-refractivity contribution in [2.24, 2.45) is 5.92 Å². The number of carbonyl (C=O) groups is 1. The number of pyridine rings is 1. The Balaban J connectivity index is 1.34. The molecule has 2 aromatic carbocycles. The van der Waals surface area contributed by atoms with Crippen LogP contribution in [-0.2, 0) is 0 Å². The maximum atomic E-state index is 14.0. The van der Waals surface area contributed by atoms with Crippen molar-refractivity contribution in [2.75, 3.05) is 12.4 Å². The monoisotopic (exact) mass is 484 g/mol. The second kappa shape index (κ2) is 10.4. The van der Waals surface area contributed by atoms with Crippen LogP contribution in [0.25, 0.3) is 10.9 Å². The zero-order chi connectivity index (χ0) is 25.1. The van der Waals surface area contributed by atoms with E-state index in [-0.39, 0.29) is 23.7 Å². The Kier molecular flexibility index (Phi) is 6.89. The summed E-state index contributed by atoms with van der Waals surface area (Å²) < 4.78 is 19.2. The first-order valence-corrected chi connectivity index (χ1v) is 12.3. The molecular formula is C29H29FN4O2. The van der Waals surface area contributed by atoms with E-state index in [1.807, 2.05) is 30.5 Å². The normalized spacial score (nSPS) is 18.5. The van der Waals surface area contributed by atoms with Gasteiger partial charge in [-0.2, -0.15) is 4.98 Å². The summed E-state index contributed by atoms with van der Waals surface area (Å²) in [5, 5.41) is 3.88. The first-order chi connectivity index (χ1) is 17.5. The van der Waals surface area contributed by atoms with Crippen LogP contribution in [0.15, 0.2) is 67.0 Å². The topological polar surface area (TPSA) is 77.0 Å². The fourth-order valence-electron chi connectivity index (χ4n) is 5.36.